The second-order valence-corrected chi connectivity index (χ2v) is 12.7. The molecule has 0 fully saturated rings. The lowest BCUT2D eigenvalue weighted by Gasteiger charge is -2.34. The first-order valence-electron chi connectivity index (χ1n) is 14.4. The highest BCUT2D eigenvalue weighted by molar-refractivity contribution is 7.92. The van der Waals surface area contributed by atoms with Crippen molar-refractivity contribution in [2.75, 3.05) is 31.6 Å². The van der Waals surface area contributed by atoms with Crippen molar-refractivity contribution in [1.29, 1.82) is 0 Å². The highest BCUT2D eigenvalue weighted by Crippen LogP contribution is 2.36. The number of rotatable bonds is 14. The number of sulfonamides is 1. The van der Waals surface area contributed by atoms with E-state index in [1.807, 2.05) is 58.9 Å². The van der Waals surface area contributed by atoms with E-state index in [4.69, 9.17) is 9.47 Å². The SMILES string of the molecule is CC[C@H](C(=O)NCC(C)C)N(Cc1ccccc1C)C(=O)CN(c1cc(OC)ccc1OC)S(=O)(=O)c1ccc(C)cc1. The molecule has 0 unspecified atom stereocenters. The maximum absolute atomic E-state index is 14.3. The molecule has 3 aromatic carbocycles. The number of carbonyl (C=O) groups is 2. The molecule has 0 radical (unpaired) electrons. The molecule has 232 valence electrons. The molecule has 0 aliphatic heterocycles. The van der Waals surface area contributed by atoms with E-state index in [-0.39, 0.29) is 34.7 Å². The molecule has 3 rings (SSSR count). The number of benzene rings is 3. The molecular weight excluding hydrogens is 566 g/mol. The third-order valence-corrected chi connectivity index (χ3v) is 8.99. The smallest absolute Gasteiger partial charge is 0.264 e. The fourth-order valence-electron chi connectivity index (χ4n) is 4.66. The van der Waals surface area contributed by atoms with Gasteiger partial charge in [0, 0.05) is 19.2 Å². The van der Waals surface area contributed by atoms with Crippen LogP contribution < -0.4 is 19.1 Å². The van der Waals surface area contributed by atoms with Crippen LogP contribution in [0.3, 0.4) is 0 Å². The molecule has 1 N–H and O–H groups in total. The van der Waals surface area contributed by atoms with Gasteiger partial charge in [0.2, 0.25) is 11.8 Å². The van der Waals surface area contributed by atoms with E-state index < -0.39 is 28.5 Å². The number of methoxy groups -OCH3 is 2. The monoisotopic (exact) mass is 609 g/mol. The van der Waals surface area contributed by atoms with E-state index in [2.05, 4.69) is 5.32 Å². The van der Waals surface area contributed by atoms with E-state index in [9.17, 15) is 18.0 Å². The molecule has 0 saturated carbocycles. The van der Waals surface area contributed by atoms with E-state index in [0.29, 0.717) is 18.7 Å². The number of hydrogen-bond acceptors (Lipinski definition) is 6. The fourth-order valence-corrected chi connectivity index (χ4v) is 6.07. The molecular formula is C33H43N3O6S. The molecule has 9 nitrogen and oxygen atoms in total. The first kappa shape index (κ1) is 33.5. The van der Waals surface area contributed by atoms with Gasteiger partial charge in [-0.1, -0.05) is 62.7 Å². The number of carbonyl (C=O) groups excluding carboxylic acids is 2. The Morgan fingerprint density at radius 1 is 0.930 bits per heavy atom. The van der Waals surface area contributed by atoms with Crippen LogP contribution >= 0.6 is 0 Å². The Labute approximate surface area is 255 Å². The van der Waals surface area contributed by atoms with E-state index in [1.54, 1.807) is 24.3 Å². The summed E-state index contributed by atoms with van der Waals surface area (Å²) in [5, 5.41) is 2.95. The summed E-state index contributed by atoms with van der Waals surface area (Å²) in [7, 11) is -1.36. The Balaban J connectivity index is 2.15. The summed E-state index contributed by atoms with van der Waals surface area (Å²) in [6.45, 7) is 9.64. The lowest BCUT2D eigenvalue weighted by Crippen LogP contribution is -2.52. The largest absolute Gasteiger partial charge is 0.497 e. The Kier molecular flexibility index (Phi) is 11.6. The minimum atomic E-state index is -4.26. The van der Waals surface area contributed by atoms with Crippen molar-refractivity contribution in [2.24, 2.45) is 5.92 Å². The summed E-state index contributed by atoms with van der Waals surface area (Å²) >= 11 is 0. The van der Waals surface area contributed by atoms with Crippen molar-refractivity contribution >= 4 is 27.5 Å². The summed E-state index contributed by atoms with van der Waals surface area (Å²) in [6.07, 6.45) is 0.342. The van der Waals surface area contributed by atoms with Crippen LogP contribution in [0.5, 0.6) is 11.5 Å². The second-order valence-electron chi connectivity index (χ2n) is 10.9. The fraction of sp³-hybridized carbons (Fsp3) is 0.394. The number of nitrogens with one attached hydrogen (secondary N) is 1. The van der Waals surface area contributed by atoms with Gasteiger partial charge in [-0.25, -0.2) is 8.42 Å². The Bertz CT molecular complexity index is 1510. The molecule has 0 aliphatic rings. The van der Waals surface area contributed by atoms with Crippen LogP contribution in [0.25, 0.3) is 0 Å². The van der Waals surface area contributed by atoms with Crippen LogP contribution in [0.2, 0.25) is 0 Å². The normalized spacial score (nSPS) is 12.0. The van der Waals surface area contributed by atoms with Crippen molar-refractivity contribution in [3.05, 3.63) is 83.4 Å². The van der Waals surface area contributed by atoms with Crippen LogP contribution in [0, 0.1) is 19.8 Å². The van der Waals surface area contributed by atoms with Gasteiger partial charge < -0.3 is 19.7 Å². The maximum Gasteiger partial charge on any atom is 0.264 e. The number of ether oxygens (including phenoxy) is 2. The summed E-state index contributed by atoms with van der Waals surface area (Å²) in [4.78, 5) is 29.2. The van der Waals surface area contributed by atoms with Gasteiger partial charge in [0.25, 0.3) is 10.0 Å². The molecule has 43 heavy (non-hydrogen) atoms. The number of aryl methyl sites for hydroxylation is 2. The Morgan fingerprint density at radius 3 is 2.19 bits per heavy atom. The van der Waals surface area contributed by atoms with Gasteiger partial charge in [-0.3, -0.25) is 13.9 Å². The summed E-state index contributed by atoms with van der Waals surface area (Å²) in [5.41, 5.74) is 2.85. The summed E-state index contributed by atoms with van der Waals surface area (Å²) < 4.78 is 40.4. The highest BCUT2D eigenvalue weighted by atomic mass is 32.2. The molecule has 3 aromatic rings. The summed E-state index contributed by atoms with van der Waals surface area (Å²) in [5.74, 6) is 0.0399. The predicted molar refractivity (Wildman–Crippen MR) is 169 cm³/mol. The second kappa shape index (κ2) is 14.9. The Morgan fingerprint density at radius 2 is 1.60 bits per heavy atom. The third-order valence-electron chi connectivity index (χ3n) is 7.21. The lowest BCUT2D eigenvalue weighted by atomic mass is 10.1. The average Bonchev–Trinajstić information content (AvgIpc) is 2.99. The van der Waals surface area contributed by atoms with E-state index in [0.717, 1.165) is 21.0 Å². The van der Waals surface area contributed by atoms with Crippen LogP contribution in [-0.2, 0) is 26.2 Å². The van der Waals surface area contributed by atoms with Crippen LogP contribution in [-0.4, -0.2) is 58.5 Å². The van der Waals surface area contributed by atoms with Crippen LogP contribution in [0.15, 0.2) is 71.6 Å². The van der Waals surface area contributed by atoms with Crippen LogP contribution in [0.1, 0.15) is 43.9 Å². The van der Waals surface area contributed by atoms with Crippen molar-refractivity contribution in [3.8, 4) is 11.5 Å². The van der Waals surface area contributed by atoms with Gasteiger partial charge in [0.1, 0.15) is 24.1 Å². The van der Waals surface area contributed by atoms with Crippen molar-refractivity contribution in [3.63, 3.8) is 0 Å². The molecule has 1 atom stereocenters. The lowest BCUT2D eigenvalue weighted by molar-refractivity contribution is -0.140. The van der Waals surface area contributed by atoms with Crippen LogP contribution in [0.4, 0.5) is 5.69 Å². The molecule has 0 aromatic heterocycles. The number of anilines is 1. The number of amides is 2. The average molecular weight is 610 g/mol. The first-order valence-corrected chi connectivity index (χ1v) is 15.8. The van der Waals surface area contributed by atoms with Gasteiger partial charge in [-0.05, 0) is 61.6 Å². The van der Waals surface area contributed by atoms with Gasteiger partial charge >= 0.3 is 0 Å². The first-order chi connectivity index (χ1) is 20.4. The molecule has 10 heteroatoms. The molecule has 0 bridgehead atoms. The quantitative estimate of drug-likeness (QED) is 0.273. The molecule has 0 aliphatic carbocycles. The zero-order valence-corrected chi connectivity index (χ0v) is 26.9. The molecule has 0 heterocycles. The minimum absolute atomic E-state index is 0.0166. The topological polar surface area (TPSA) is 105 Å². The predicted octanol–water partition coefficient (Wildman–Crippen LogP) is 5.10. The highest BCUT2D eigenvalue weighted by Gasteiger charge is 2.35. The molecule has 0 saturated heterocycles. The van der Waals surface area contributed by atoms with Gasteiger partial charge in [-0.2, -0.15) is 0 Å². The summed E-state index contributed by atoms with van der Waals surface area (Å²) in [6, 6.07) is 18.0. The number of nitrogens with zero attached hydrogens (tertiary/aromatic N) is 2. The zero-order valence-electron chi connectivity index (χ0n) is 26.1. The van der Waals surface area contributed by atoms with E-state index >= 15 is 0 Å². The van der Waals surface area contributed by atoms with Crippen molar-refractivity contribution < 1.29 is 27.5 Å². The zero-order chi connectivity index (χ0) is 31.7. The van der Waals surface area contributed by atoms with Crippen molar-refractivity contribution in [2.45, 2.75) is 58.5 Å². The standard InChI is InChI=1S/C33H43N3O6S/c1-8-29(33(38)34-20-23(2)3)35(21-26-12-10-9-11-25(26)5)32(37)22-36(30-19-27(41-6)15-18-31(30)42-7)43(39,40)28-16-13-24(4)14-17-28/h9-19,23,29H,8,20-22H2,1-7H3,(H,34,38)/t29-/m1/s1. The Hall–Kier alpha value is -4.05. The van der Waals surface area contributed by atoms with Gasteiger partial charge in [-0.15, -0.1) is 0 Å². The molecule has 2 amide bonds. The maximum atomic E-state index is 14.3. The number of hydrogen-bond donors (Lipinski definition) is 1. The minimum Gasteiger partial charge on any atom is -0.497 e. The van der Waals surface area contributed by atoms with E-state index in [1.165, 1.54) is 37.3 Å². The van der Waals surface area contributed by atoms with Gasteiger partial charge in [0.05, 0.1) is 24.8 Å². The van der Waals surface area contributed by atoms with Gasteiger partial charge in [0.15, 0.2) is 0 Å². The van der Waals surface area contributed by atoms with Crippen molar-refractivity contribution in [1.82, 2.24) is 10.2 Å². The molecule has 0 spiro atoms. The third kappa shape index (κ3) is 8.28.